The number of unbranched alkanes of at least 4 members (excludes halogenated alkanes) is 2. The molecule has 196 valence electrons. The molecular weight excluding hydrogens is 487 g/mol. The molecule has 0 aromatic carbocycles. The van der Waals surface area contributed by atoms with Crippen molar-refractivity contribution in [2.24, 2.45) is 11.8 Å². The quantitative estimate of drug-likeness (QED) is 0.0465. The number of hydrogen-bond donors (Lipinski definition) is 0. The molecule has 0 fully saturated rings. The molecule has 0 heterocycles. The largest absolute Gasteiger partial charge is 1.00 e. The van der Waals surface area contributed by atoms with Crippen molar-refractivity contribution in [1.29, 1.82) is 0 Å². The van der Waals surface area contributed by atoms with Gasteiger partial charge in [0, 0.05) is 0 Å². The van der Waals surface area contributed by atoms with Crippen molar-refractivity contribution in [2.45, 2.75) is 90.7 Å². The Labute approximate surface area is 227 Å². The van der Waals surface area contributed by atoms with E-state index in [-0.39, 0.29) is 61.0 Å². The SMILES string of the molecule is CCCCC(CC)COC(=O)CC(SOOOOOOO[O-])C(=O)OCC(CC)CCCC.[Na+]. The maximum atomic E-state index is 12.6. The summed E-state index contributed by atoms with van der Waals surface area (Å²) in [5.41, 5.74) is 0. The molecule has 0 amide bonds. The fourth-order valence-corrected chi connectivity index (χ4v) is 3.29. The van der Waals surface area contributed by atoms with Gasteiger partial charge in [0.15, 0.2) is 0 Å². The van der Waals surface area contributed by atoms with Gasteiger partial charge in [0.1, 0.15) is 5.25 Å². The summed E-state index contributed by atoms with van der Waals surface area (Å²) in [5.74, 6) is -0.734. The Morgan fingerprint density at radius 1 is 0.794 bits per heavy atom. The van der Waals surface area contributed by atoms with E-state index in [1.54, 1.807) is 0 Å². The summed E-state index contributed by atoms with van der Waals surface area (Å²) in [7, 11) is 0. The minimum Gasteiger partial charge on any atom is -0.689 e. The van der Waals surface area contributed by atoms with E-state index in [0.717, 1.165) is 51.4 Å². The van der Waals surface area contributed by atoms with Crippen molar-refractivity contribution in [3.63, 3.8) is 0 Å². The molecule has 0 aromatic rings. The Morgan fingerprint density at radius 3 is 1.85 bits per heavy atom. The van der Waals surface area contributed by atoms with E-state index in [4.69, 9.17) is 9.47 Å². The molecule has 14 heteroatoms. The summed E-state index contributed by atoms with van der Waals surface area (Å²) in [5, 5.41) is 29.9. The predicted molar refractivity (Wildman–Crippen MR) is 112 cm³/mol. The first kappa shape index (κ1) is 36.1. The van der Waals surface area contributed by atoms with Crippen LogP contribution in [-0.2, 0) is 53.6 Å². The van der Waals surface area contributed by atoms with E-state index in [0.29, 0.717) is 12.0 Å². The third-order valence-corrected chi connectivity index (χ3v) is 5.69. The second-order valence-electron chi connectivity index (χ2n) is 7.41. The van der Waals surface area contributed by atoms with Gasteiger partial charge in [-0.2, -0.15) is 0 Å². The van der Waals surface area contributed by atoms with E-state index in [1.165, 1.54) is 0 Å². The number of esters is 2. The van der Waals surface area contributed by atoms with Crippen LogP contribution in [0.5, 0.6) is 0 Å². The molecule has 3 atom stereocenters. The standard InChI is InChI=1S/C20H38O12S.Na/c1-5-9-11-16(7-3)14-24-19(21)13-18(33-32-31-30-29-28-27-26-23)20(22)25-15-17(8-4)12-10-6-2;/h16-18,23H,5-15H2,1-4H3;/q;+1/p-1. The first-order valence-corrected chi connectivity index (χ1v) is 12.1. The molecule has 12 nitrogen and oxygen atoms in total. The molecule has 34 heavy (non-hydrogen) atoms. The van der Waals surface area contributed by atoms with Gasteiger partial charge in [-0.15, -0.1) is 4.33 Å². The number of rotatable bonds is 23. The zero-order valence-electron chi connectivity index (χ0n) is 20.8. The minimum absolute atomic E-state index is 0. The van der Waals surface area contributed by atoms with E-state index >= 15 is 0 Å². The first-order valence-electron chi connectivity index (χ1n) is 11.3. The van der Waals surface area contributed by atoms with Crippen LogP contribution in [0.25, 0.3) is 0 Å². The fraction of sp³-hybridized carbons (Fsp3) is 0.900. The van der Waals surface area contributed by atoms with Gasteiger partial charge in [-0.3, -0.25) is 14.6 Å². The molecule has 0 aliphatic carbocycles. The molecule has 0 saturated heterocycles. The van der Waals surface area contributed by atoms with Gasteiger partial charge in [0.25, 0.3) is 0 Å². The summed E-state index contributed by atoms with van der Waals surface area (Å²) in [4.78, 5) is 24.9. The Kier molecular flexibility index (Phi) is 27.7. The average Bonchev–Trinajstić information content (AvgIpc) is 2.82. The van der Waals surface area contributed by atoms with E-state index in [1.807, 2.05) is 13.8 Å². The number of carbonyl (C=O) groups is 2. The summed E-state index contributed by atoms with van der Waals surface area (Å²) in [6.45, 7) is 8.78. The zero-order valence-corrected chi connectivity index (χ0v) is 23.6. The van der Waals surface area contributed by atoms with Gasteiger partial charge in [-0.05, 0) is 49.9 Å². The van der Waals surface area contributed by atoms with Crippen LogP contribution >= 0.6 is 12.0 Å². The van der Waals surface area contributed by atoms with Gasteiger partial charge >= 0.3 is 41.5 Å². The Bertz CT molecular complexity index is 488. The molecule has 0 aliphatic heterocycles. The van der Waals surface area contributed by atoms with Crippen molar-refractivity contribution < 1.29 is 88.4 Å². The average molecular weight is 525 g/mol. The Morgan fingerprint density at radius 2 is 1.32 bits per heavy atom. The summed E-state index contributed by atoms with van der Waals surface area (Å²) in [6, 6.07) is 0. The molecule has 0 aliphatic rings. The molecule has 0 saturated carbocycles. The second-order valence-corrected chi connectivity index (χ2v) is 8.31. The van der Waals surface area contributed by atoms with E-state index < -0.39 is 17.2 Å². The monoisotopic (exact) mass is 524 g/mol. The molecule has 0 rings (SSSR count). The van der Waals surface area contributed by atoms with Gasteiger partial charge < -0.3 is 14.7 Å². The number of carbonyl (C=O) groups excluding carboxylic acids is 2. The normalized spacial score (nSPS) is 13.6. The smallest absolute Gasteiger partial charge is 0.689 e. The summed E-state index contributed by atoms with van der Waals surface area (Å²) >= 11 is 0.461. The first-order chi connectivity index (χ1) is 16.0. The Balaban J connectivity index is 0. The van der Waals surface area contributed by atoms with Crippen LogP contribution in [0.1, 0.15) is 85.5 Å². The molecule has 0 spiro atoms. The van der Waals surface area contributed by atoms with Crippen molar-refractivity contribution >= 4 is 24.0 Å². The van der Waals surface area contributed by atoms with Crippen LogP contribution in [0.3, 0.4) is 0 Å². The fourth-order valence-electron chi connectivity index (χ4n) is 2.79. The topological polar surface area (TPSA) is 140 Å². The third kappa shape index (κ3) is 20.2. The van der Waals surface area contributed by atoms with Gasteiger partial charge in [-0.25, -0.2) is 0 Å². The van der Waals surface area contributed by atoms with Crippen LogP contribution in [0, 0.1) is 11.8 Å². The van der Waals surface area contributed by atoms with Crippen molar-refractivity contribution in [1.82, 2.24) is 0 Å². The minimum atomic E-state index is -1.08. The predicted octanol–water partition coefficient (Wildman–Crippen LogP) is 0.798. The molecule has 3 unspecified atom stereocenters. The third-order valence-electron chi connectivity index (χ3n) is 4.96. The van der Waals surface area contributed by atoms with Gasteiger partial charge in [0.2, 0.25) is 0 Å². The maximum Gasteiger partial charge on any atom is 1.00 e. The second kappa shape index (κ2) is 26.0. The molecule has 0 radical (unpaired) electrons. The molecule has 0 N–H and O–H groups in total. The summed E-state index contributed by atoms with van der Waals surface area (Å²) < 4.78 is 15.3. The van der Waals surface area contributed by atoms with Crippen LogP contribution < -0.4 is 34.8 Å². The van der Waals surface area contributed by atoms with Crippen LogP contribution in [0.4, 0.5) is 0 Å². The maximum absolute atomic E-state index is 12.6. The van der Waals surface area contributed by atoms with E-state index in [2.05, 4.69) is 48.4 Å². The molecule has 0 aromatic heterocycles. The van der Waals surface area contributed by atoms with Crippen LogP contribution in [0.15, 0.2) is 0 Å². The molecule has 0 bridgehead atoms. The number of hydrogen-bond acceptors (Lipinski definition) is 13. The van der Waals surface area contributed by atoms with Crippen LogP contribution in [0.2, 0.25) is 0 Å². The van der Waals surface area contributed by atoms with Gasteiger partial charge in [0.05, 0.1) is 31.7 Å². The van der Waals surface area contributed by atoms with Crippen molar-refractivity contribution in [3.8, 4) is 0 Å². The van der Waals surface area contributed by atoms with Crippen molar-refractivity contribution in [2.75, 3.05) is 13.2 Å². The number of ether oxygens (including phenoxy) is 2. The summed E-state index contributed by atoms with van der Waals surface area (Å²) in [6.07, 6.45) is 7.57. The van der Waals surface area contributed by atoms with E-state index in [9.17, 15) is 14.8 Å². The zero-order chi connectivity index (χ0) is 24.7. The Hall–Kier alpha value is -0.0300. The van der Waals surface area contributed by atoms with Crippen molar-refractivity contribution in [3.05, 3.63) is 0 Å². The van der Waals surface area contributed by atoms with Crippen LogP contribution in [-0.4, -0.2) is 30.4 Å². The van der Waals surface area contributed by atoms with Gasteiger partial charge in [-0.1, -0.05) is 66.2 Å². The molecular formula is C20H37NaO12S.